The van der Waals surface area contributed by atoms with Crippen molar-refractivity contribution in [1.82, 2.24) is 23.7 Å². The Bertz CT molecular complexity index is 1300. The summed E-state index contributed by atoms with van der Waals surface area (Å²) in [6.45, 7) is 8.43. The third-order valence-corrected chi connectivity index (χ3v) is 10.9. The molecule has 2 aliphatic heterocycles. The van der Waals surface area contributed by atoms with Crippen LogP contribution in [0.2, 0.25) is 0 Å². The second-order valence-electron chi connectivity index (χ2n) is 9.20. The fourth-order valence-electron chi connectivity index (χ4n) is 4.80. The molecule has 3 heterocycles. The quantitative estimate of drug-likeness (QED) is 0.471. The Morgan fingerprint density at radius 2 is 1.62 bits per heavy atom. The van der Waals surface area contributed by atoms with E-state index in [2.05, 4.69) is 10.1 Å². The van der Waals surface area contributed by atoms with Crippen molar-refractivity contribution in [3.8, 4) is 0 Å². The van der Waals surface area contributed by atoms with E-state index in [0.29, 0.717) is 70.5 Å². The van der Waals surface area contributed by atoms with E-state index in [1.54, 1.807) is 25.7 Å². The highest BCUT2D eigenvalue weighted by atomic mass is 32.2. The number of piperazine rings is 1. The van der Waals surface area contributed by atoms with Crippen LogP contribution in [0.25, 0.3) is 0 Å². The van der Waals surface area contributed by atoms with E-state index in [0.717, 1.165) is 0 Å². The van der Waals surface area contributed by atoms with Gasteiger partial charge in [0.2, 0.25) is 26.0 Å². The Morgan fingerprint density at radius 3 is 2.19 bits per heavy atom. The van der Waals surface area contributed by atoms with Gasteiger partial charge in [0, 0.05) is 52.4 Å². The van der Waals surface area contributed by atoms with E-state index in [9.17, 15) is 21.6 Å². The maximum absolute atomic E-state index is 13.4. The fraction of sp³-hybridized carbons (Fsp3) is 0.609. The Balaban J connectivity index is 1.41. The molecule has 2 aromatic rings. The zero-order valence-electron chi connectivity index (χ0n) is 21.4. The van der Waals surface area contributed by atoms with Gasteiger partial charge in [0.1, 0.15) is 0 Å². The van der Waals surface area contributed by atoms with E-state index in [1.165, 1.54) is 32.9 Å². The van der Waals surface area contributed by atoms with Crippen LogP contribution >= 0.6 is 0 Å². The SMILES string of the molecule is CCN(CC)S(=O)(=O)c1ccc(S(=O)(=O)N2CCC[C@@H](C(=O)N3CCN(c4nc(C)no4)CC3)C2)cc1. The minimum absolute atomic E-state index is 0.0163. The lowest BCUT2D eigenvalue weighted by Gasteiger charge is -2.38. The second kappa shape index (κ2) is 11.1. The molecule has 204 valence electrons. The highest BCUT2D eigenvalue weighted by Crippen LogP contribution is 2.27. The average Bonchev–Trinajstić information content (AvgIpc) is 3.35. The zero-order valence-corrected chi connectivity index (χ0v) is 23.0. The third kappa shape index (κ3) is 5.66. The summed E-state index contributed by atoms with van der Waals surface area (Å²) in [5.74, 6) is 0.0714. The molecule has 4 rings (SSSR count). The van der Waals surface area contributed by atoms with Crippen LogP contribution < -0.4 is 4.90 Å². The van der Waals surface area contributed by atoms with Crippen LogP contribution in [-0.4, -0.2) is 98.8 Å². The molecule has 37 heavy (non-hydrogen) atoms. The summed E-state index contributed by atoms with van der Waals surface area (Å²) in [5.41, 5.74) is 0. The van der Waals surface area contributed by atoms with E-state index in [1.807, 2.05) is 4.90 Å². The van der Waals surface area contributed by atoms with Crippen molar-refractivity contribution in [2.24, 2.45) is 5.92 Å². The predicted molar refractivity (Wildman–Crippen MR) is 136 cm³/mol. The highest BCUT2D eigenvalue weighted by Gasteiger charge is 2.36. The molecule has 0 N–H and O–H groups in total. The zero-order chi connectivity index (χ0) is 26.8. The summed E-state index contributed by atoms with van der Waals surface area (Å²) in [6, 6.07) is 5.76. The van der Waals surface area contributed by atoms with Gasteiger partial charge in [-0.25, -0.2) is 16.8 Å². The number of amides is 1. The van der Waals surface area contributed by atoms with Crippen molar-refractivity contribution >= 4 is 32.0 Å². The van der Waals surface area contributed by atoms with Crippen LogP contribution in [0.1, 0.15) is 32.5 Å². The van der Waals surface area contributed by atoms with Gasteiger partial charge >= 0.3 is 6.01 Å². The van der Waals surface area contributed by atoms with E-state index >= 15 is 0 Å². The van der Waals surface area contributed by atoms with E-state index in [4.69, 9.17) is 4.52 Å². The van der Waals surface area contributed by atoms with Crippen LogP contribution in [0, 0.1) is 12.8 Å². The standard InChI is InChI=1S/C23H34N6O6S2/c1-4-28(5-2)36(31,32)20-8-10-21(11-9-20)37(33,34)29-12-6-7-19(17-29)22(30)26-13-15-27(16-14-26)23-24-18(3)25-35-23/h8-11,19H,4-7,12-17H2,1-3H3/t19-/m1/s1. The molecule has 0 bridgehead atoms. The molecule has 1 amide bonds. The first-order valence-corrected chi connectivity index (χ1v) is 15.4. The van der Waals surface area contributed by atoms with Gasteiger partial charge in [0.05, 0.1) is 15.7 Å². The Morgan fingerprint density at radius 1 is 1.00 bits per heavy atom. The molecular weight excluding hydrogens is 520 g/mol. The molecular formula is C23H34N6O6S2. The minimum atomic E-state index is -3.88. The number of hydrogen-bond donors (Lipinski definition) is 0. The van der Waals surface area contributed by atoms with Gasteiger partial charge in [-0.05, 0) is 44.0 Å². The van der Waals surface area contributed by atoms with Crippen LogP contribution in [0.3, 0.4) is 0 Å². The number of sulfonamides is 2. The number of piperidine rings is 1. The summed E-state index contributed by atoms with van der Waals surface area (Å²) in [5, 5.41) is 3.81. The minimum Gasteiger partial charge on any atom is -0.339 e. The topological polar surface area (TPSA) is 137 Å². The molecule has 2 aliphatic rings. The van der Waals surface area contributed by atoms with Crippen molar-refractivity contribution < 1.29 is 26.2 Å². The number of aryl methyl sites for hydroxylation is 1. The first-order valence-electron chi connectivity index (χ1n) is 12.5. The maximum Gasteiger partial charge on any atom is 0.324 e. The van der Waals surface area contributed by atoms with Crippen LogP contribution in [0.4, 0.5) is 6.01 Å². The number of carbonyl (C=O) groups excluding carboxylic acids is 1. The molecule has 2 saturated heterocycles. The van der Waals surface area contributed by atoms with Crippen molar-refractivity contribution in [3.63, 3.8) is 0 Å². The summed E-state index contributed by atoms with van der Waals surface area (Å²) in [4.78, 5) is 21.3. The number of nitrogens with zero attached hydrogens (tertiary/aromatic N) is 6. The van der Waals surface area contributed by atoms with Gasteiger partial charge in [-0.15, -0.1) is 0 Å². The lowest BCUT2D eigenvalue weighted by atomic mass is 9.98. The van der Waals surface area contributed by atoms with E-state index < -0.39 is 26.0 Å². The molecule has 0 aliphatic carbocycles. The third-order valence-electron chi connectivity index (χ3n) is 6.92. The molecule has 1 aromatic carbocycles. The number of aromatic nitrogens is 2. The number of anilines is 1. The second-order valence-corrected chi connectivity index (χ2v) is 13.1. The van der Waals surface area contributed by atoms with Crippen molar-refractivity contribution in [2.45, 2.75) is 43.4 Å². The molecule has 0 spiro atoms. The van der Waals surface area contributed by atoms with Gasteiger partial charge < -0.3 is 14.3 Å². The fourth-order valence-corrected chi connectivity index (χ4v) is 7.78. The lowest BCUT2D eigenvalue weighted by molar-refractivity contribution is -0.137. The van der Waals surface area contributed by atoms with Gasteiger partial charge in [-0.1, -0.05) is 19.0 Å². The van der Waals surface area contributed by atoms with Gasteiger partial charge in [-0.2, -0.15) is 13.6 Å². The highest BCUT2D eigenvalue weighted by molar-refractivity contribution is 7.89. The summed E-state index contributed by atoms with van der Waals surface area (Å²) in [7, 11) is -7.56. The van der Waals surface area contributed by atoms with Crippen LogP contribution in [-0.2, 0) is 24.8 Å². The molecule has 14 heteroatoms. The molecule has 0 unspecified atom stereocenters. The number of carbonyl (C=O) groups is 1. The van der Waals surface area contributed by atoms with Gasteiger partial charge in [-0.3, -0.25) is 4.79 Å². The van der Waals surface area contributed by atoms with Crippen molar-refractivity contribution in [2.75, 3.05) is 57.3 Å². The normalized spacial score (nSPS) is 19.9. The van der Waals surface area contributed by atoms with Crippen molar-refractivity contribution in [3.05, 3.63) is 30.1 Å². The predicted octanol–water partition coefficient (Wildman–Crippen LogP) is 1.16. The first kappa shape index (κ1) is 27.5. The van der Waals surface area contributed by atoms with Crippen molar-refractivity contribution in [1.29, 1.82) is 0 Å². The Hall–Kier alpha value is -2.55. The summed E-state index contributed by atoms with van der Waals surface area (Å²) in [6.07, 6.45) is 1.19. The van der Waals surface area contributed by atoms with Crippen LogP contribution in [0.15, 0.2) is 38.6 Å². The lowest BCUT2D eigenvalue weighted by Crippen LogP contribution is -2.53. The Labute approximate surface area is 218 Å². The molecule has 0 saturated carbocycles. The smallest absolute Gasteiger partial charge is 0.324 e. The first-order chi connectivity index (χ1) is 17.6. The summed E-state index contributed by atoms with van der Waals surface area (Å²) >= 11 is 0. The number of rotatable bonds is 8. The molecule has 0 radical (unpaired) electrons. The number of hydrogen-bond acceptors (Lipinski definition) is 9. The molecule has 12 nitrogen and oxygen atoms in total. The average molecular weight is 555 g/mol. The van der Waals surface area contributed by atoms with Gasteiger partial charge in [0.25, 0.3) is 0 Å². The van der Waals surface area contributed by atoms with Crippen LogP contribution in [0.5, 0.6) is 0 Å². The maximum atomic E-state index is 13.4. The number of benzene rings is 1. The van der Waals surface area contributed by atoms with Gasteiger partial charge in [0.15, 0.2) is 5.82 Å². The molecule has 1 aromatic heterocycles. The molecule has 2 fully saturated rings. The monoisotopic (exact) mass is 554 g/mol. The largest absolute Gasteiger partial charge is 0.339 e. The summed E-state index contributed by atoms with van der Waals surface area (Å²) < 4.78 is 60.0. The van der Waals surface area contributed by atoms with E-state index in [-0.39, 0.29) is 22.2 Å². The molecule has 1 atom stereocenters. The Kier molecular flexibility index (Phi) is 8.21.